The molecule has 1 atom stereocenters. The lowest BCUT2D eigenvalue weighted by molar-refractivity contribution is 0.305. The highest BCUT2D eigenvalue weighted by Gasteiger charge is 2.03. The molecule has 0 fully saturated rings. The summed E-state index contributed by atoms with van der Waals surface area (Å²) in [7, 11) is 0. The number of hydrogen-bond acceptors (Lipinski definition) is 4. The Morgan fingerprint density at radius 2 is 2.29 bits per heavy atom. The van der Waals surface area contributed by atoms with Crippen molar-refractivity contribution in [3.63, 3.8) is 0 Å². The largest absolute Gasteiger partial charge is 0.486 e. The number of nitrogens with two attached hydrogens (primary N) is 1. The first-order chi connectivity index (χ1) is 8.15. The normalized spacial score (nSPS) is 12.4. The fraction of sp³-hybridized carbons (Fsp3) is 0.308. The SMILES string of the molecule is Cc1csc(COc2cccc([C@H](C)N)c2)n1. The summed E-state index contributed by atoms with van der Waals surface area (Å²) in [5.41, 5.74) is 7.95. The van der Waals surface area contributed by atoms with Gasteiger partial charge in [0.15, 0.2) is 0 Å². The van der Waals surface area contributed by atoms with Crippen LogP contribution in [0.3, 0.4) is 0 Å². The molecule has 1 heterocycles. The summed E-state index contributed by atoms with van der Waals surface area (Å²) in [5, 5.41) is 3.02. The second-order valence-corrected chi connectivity index (χ2v) is 4.98. The Kier molecular flexibility index (Phi) is 3.76. The standard InChI is InChI=1S/C13H16N2OS/c1-9-8-17-13(15-9)7-16-12-5-3-4-11(6-12)10(2)14/h3-6,8,10H,7,14H2,1-2H3/t10-/m0/s1. The highest BCUT2D eigenvalue weighted by Crippen LogP contribution is 2.19. The number of nitrogens with zero attached hydrogens (tertiary/aromatic N) is 1. The van der Waals surface area contributed by atoms with E-state index in [4.69, 9.17) is 10.5 Å². The van der Waals surface area contributed by atoms with Gasteiger partial charge in [-0.1, -0.05) is 12.1 Å². The molecule has 0 amide bonds. The number of aromatic nitrogens is 1. The van der Waals surface area contributed by atoms with Gasteiger partial charge in [-0.25, -0.2) is 4.98 Å². The van der Waals surface area contributed by atoms with Crippen LogP contribution in [-0.4, -0.2) is 4.98 Å². The molecule has 1 aromatic heterocycles. The zero-order valence-corrected chi connectivity index (χ0v) is 10.8. The minimum absolute atomic E-state index is 0.0284. The Morgan fingerprint density at radius 3 is 2.94 bits per heavy atom. The van der Waals surface area contributed by atoms with E-state index in [1.165, 1.54) is 0 Å². The van der Waals surface area contributed by atoms with Crippen LogP contribution in [0.5, 0.6) is 5.75 Å². The lowest BCUT2D eigenvalue weighted by Crippen LogP contribution is -2.05. The molecule has 0 aliphatic heterocycles. The zero-order chi connectivity index (χ0) is 12.3. The Morgan fingerprint density at radius 1 is 1.47 bits per heavy atom. The molecule has 2 N–H and O–H groups in total. The van der Waals surface area contributed by atoms with Crippen molar-refractivity contribution in [1.82, 2.24) is 4.98 Å². The second-order valence-electron chi connectivity index (χ2n) is 4.03. The first-order valence-electron chi connectivity index (χ1n) is 5.54. The minimum atomic E-state index is 0.0284. The summed E-state index contributed by atoms with van der Waals surface area (Å²) in [4.78, 5) is 4.35. The van der Waals surface area contributed by atoms with Crippen molar-refractivity contribution < 1.29 is 4.74 Å². The Bertz CT molecular complexity index is 494. The Balaban J connectivity index is 2.01. The van der Waals surface area contributed by atoms with E-state index in [0.29, 0.717) is 6.61 Å². The number of thiazole rings is 1. The third kappa shape index (κ3) is 3.28. The van der Waals surface area contributed by atoms with Crippen LogP contribution in [0.1, 0.15) is 29.2 Å². The van der Waals surface area contributed by atoms with Crippen molar-refractivity contribution >= 4 is 11.3 Å². The zero-order valence-electron chi connectivity index (χ0n) is 10.0. The van der Waals surface area contributed by atoms with E-state index < -0.39 is 0 Å². The molecule has 90 valence electrons. The van der Waals surface area contributed by atoms with Crippen LogP contribution in [0.15, 0.2) is 29.6 Å². The molecule has 0 saturated heterocycles. The molecule has 2 aromatic rings. The maximum absolute atomic E-state index is 5.83. The lowest BCUT2D eigenvalue weighted by atomic mass is 10.1. The van der Waals surface area contributed by atoms with E-state index in [0.717, 1.165) is 22.0 Å². The average Bonchev–Trinajstić information content (AvgIpc) is 2.73. The summed E-state index contributed by atoms with van der Waals surface area (Å²) >= 11 is 1.62. The van der Waals surface area contributed by atoms with Gasteiger partial charge in [-0.05, 0) is 31.5 Å². The van der Waals surface area contributed by atoms with Crippen LogP contribution in [0, 0.1) is 6.92 Å². The second kappa shape index (κ2) is 5.29. The van der Waals surface area contributed by atoms with Gasteiger partial charge >= 0.3 is 0 Å². The summed E-state index contributed by atoms with van der Waals surface area (Å²) in [6.07, 6.45) is 0. The highest BCUT2D eigenvalue weighted by molar-refractivity contribution is 7.09. The Labute approximate surface area is 105 Å². The smallest absolute Gasteiger partial charge is 0.140 e. The molecule has 0 aliphatic carbocycles. The van der Waals surface area contributed by atoms with Crippen molar-refractivity contribution in [2.75, 3.05) is 0 Å². The van der Waals surface area contributed by atoms with Crippen molar-refractivity contribution in [2.24, 2.45) is 5.73 Å². The highest BCUT2D eigenvalue weighted by atomic mass is 32.1. The first kappa shape index (κ1) is 12.1. The molecular weight excluding hydrogens is 232 g/mol. The van der Waals surface area contributed by atoms with Crippen molar-refractivity contribution in [3.8, 4) is 5.75 Å². The minimum Gasteiger partial charge on any atom is -0.486 e. The van der Waals surface area contributed by atoms with E-state index >= 15 is 0 Å². The van der Waals surface area contributed by atoms with Crippen molar-refractivity contribution in [3.05, 3.63) is 45.9 Å². The number of ether oxygens (including phenoxy) is 1. The third-order valence-electron chi connectivity index (χ3n) is 2.41. The number of hydrogen-bond donors (Lipinski definition) is 1. The van der Waals surface area contributed by atoms with Gasteiger partial charge in [-0.15, -0.1) is 11.3 Å². The van der Waals surface area contributed by atoms with Crippen LogP contribution >= 0.6 is 11.3 Å². The molecule has 4 heteroatoms. The maximum atomic E-state index is 5.83. The third-order valence-corrected chi connectivity index (χ3v) is 3.35. The quantitative estimate of drug-likeness (QED) is 0.904. The van der Waals surface area contributed by atoms with Crippen molar-refractivity contribution in [2.45, 2.75) is 26.5 Å². The van der Waals surface area contributed by atoms with Gasteiger partial charge in [0.1, 0.15) is 17.4 Å². The van der Waals surface area contributed by atoms with E-state index in [9.17, 15) is 0 Å². The van der Waals surface area contributed by atoms with E-state index in [1.54, 1.807) is 11.3 Å². The molecule has 17 heavy (non-hydrogen) atoms. The average molecular weight is 248 g/mol. The van der Waals surface area contributed by atoms with Crippen LogP contribution in [-0.2, 0) is 6.61 Å². The lowest BCUT2D eigenvalue weighted by Gasteiger charge is -2.08. The van der Waals surface area contributed by atoms with E-state index in [-0.39, 0.29) is 6.04 Å². The fourth-order valence-corrected chi connectivity index (χ4v) is 2.18. The summed E-state index contributed by atoms with van der Waals surface area (Å²) in [6, 6.07) is 7.91. The van der Waals surface area contributed by atoms with Crippen LogP contribution in [0.4, 0.5) is 0 Å². The summed E-state index contributed by atoms with van der Waals surface area (Å²) in [6.45, 7) is 4.46. The fourth-order valence-electron chi connectivity index (χ4n) is 1.50. The van der Waals surface area contributed by atoms with Gasteiger partial charge in [0, 0.05) is 17.1 Å². The Hall–Kier alpha value is -1.39. The van der Waals surface area contributed by atoms with Gasteiger partial charge in [0.25, 0.3) is 0 Å². The first-order valence-corrected chi connectivity index (χ1v) is 6.42. The van der Waals surface area contributed by atoms with E-state index in [1.807, 2.05) is 43.5 Å². The van der Waals surface area contributed by atoms with Gasteiger partial charge in [0.2, 0.25) is 0 Å². The molecule has 0 unspecified atom stereocenters. The van der Waals surface area contributed by atoms with Gasteiger partial charge in [-0.2, -0.15) is 0 Å². The maximum Gasteiger partial charge on any atom is 0.140 e. The number of aryl methyl sites for hydroxylation is 1. The van der Waals surface area contributed by atoms with Crippen LogP contribution < -0.4 is 10.5 Å². The van der Waals surface area contributed by atoms with Gasteiger partial charge in [0.05, 0.1) is 0 Å². The van der Waals surface area contributed by atoms with Crippen LogP contribution in [0.25, 0.3) is 0 Å². The molecular formula is C13H16N2OS. The molecule has 0 saturated carbocycles. The van der Waals surface area contributed by atoms with Gasteiger partial charge in [-0.3, -0.25) is 0 Å². The predicted octanol–water partition coefficient (Wildman–Crippen LogP) is 3.05. The summed E-state index contributed by atoms with van der Waals surface area (Å²) < 4.78 is 5.69. The molecule has 2 rings (SSSR count). The molecule has 0 aliphatic rings. The number of rotatable bonds is 4. The van der Waals surface area contributed by atoms with Gasteiger partial charge < -0.3 is 10.5 Å². The monoisotopic (exact) mass is 248 g/mol. The summed E-state index contributed by atoms with van der Waals surface area (Å²) in [5.74, 6) is 0.840. The predicted molar refractivity (Wildman–Crippen MR) is 70.2 cm³/mol. The molecule has 0 radical (unpaired) electrons. The van der Waals surface area contributed by atoms with Crippen LogP contribution in [0.2, 0.25) is 0 Å². The molecule has 1 aromatic carbocycles. The van der Waals surface area contributed by atoms with E-state index in [2.05, 4.69) is 4.98 Å². The molecule has 3 nitrogen and oxygen atoms in total. The topological polar surface area (TPSA) is 48.1 Å². The molecule has 0 spiro atoms. The number of benzene rings is 1. The van der Waals surface area contributed by atoms with Crippen molar-refractivity contribution in [1.29, 1.82) is 0 Å². The molecule has 0 bridgehead atoms.